The van der Waals surface area contributed by atoms with Crippen molar-refractivity contribution >= 4 is 5.91 Å². The minimum atomic E-state index is -0.947. The average molecular weight is 292 g/mol. The van der Waals surface area contributed by atoms with Crippen LogP contribution in [0.1, 0.15) is 21.5 Å². The van der Waals surface area contributed by atoms with Crippen LogP contribution in [0.2, 0.25) is 0 Å². The molecule has 2 aromatic rings. The van der Waals surface area contributed by atoms with E-state index >= 15 is 0 Å². The second-order valence-corrected chi connectivity index (χ2v) is 4.44. The largest absolute Gasteiger partial charge is 0.480 e. The number of aryl methyl sites for hydroxylation is 1. The molecule has 1 amide bonds. The van der Waals surface area contributed by atoms with Gasteiger partial charge >= 0.3 is 0 Å². The van der Waals surface area contributed by atoms with Crippen molar-refractivity contribution in [3.8, 4) is 5.88 Å². The molecule has 0 atom stereocenters. The highest BCUT2D eigenvalue weighted by atomic mass is 19.2. The highest BCUT2D eigenvalue weighted by Gasteiger charge is 2.16. The van der Waals surface area contributed by atoms with Gasteiger partial charge in [-0.1, -0.05) is 6.07 Å². The molecule has 1 heterocycles. The monoisotopic (exact) mass is 292 g/mol. The lowest BCUT2D eigenvalue weighted by atomic mass is 10.1. The van der Waals surface area contributed by atoms with Gasteiger partial charge < -0.3 is 10.1 Å². The van der Waals surface area contributed by atoms with E-state index in [1.807, 2.05) is 0 Å². The minimum absolute atomic E-state index is 0.0769. The van der Waals surface area contributed by atoms with Crippen LogP contribution >= 0.6 is 0 Å². The van der Waals surface area contributed by atoms with E-state index in [0.717, 1.165) is 12.1 Å². The molecule has 110 valence electrons. The van der Waals surface area contributed by atoms with Crippen LogP contribution in [0, 0.1) is 18.6 Å². The van der Waals surface area contributed by atoms with Gasteiger partial charge in [-0.25, -0.2) is 13.8 Å². The summed E-state index contributed by atoms with van der Waals surface area (Å²) in [5.41, 5.74) is 1.50. The second-order valence-electron chi connectivity index (χ2n) is 4.44. The maximum atomic E-state index is 13.1. The van der Waals surface area contributed by atoms with Crippen molar-refractivity contribution in [2.75, 3.05) is 7.11 Å². The molecule has 1 N–H and O–H groups in total. The van der Waals surface area contributed by atoms with Crippen LogP contribution in [-0.2, 0) is 6.54 Å². The van der Waals surface area contributed by atoms with Gasteiger partial charge in [0.05, 0.1) is 7.11 Å². The lowest BCUT2D eigenvalue weighted by Crippen LogP contribution is -2.24. The maximum Gasteiger partial charge on any atom is 0.257 e. The highest BCUT2D eigenvalue weighted by Crippen LogP contribution is 2.18. The van der Waals surface area contributed by atoms with Gasteiger partial charge in [-0.15, -0.1) is 0 Å². The Balaban J connectivity index is 2.13. The van der Waals surface area contributed by atoms with Crippen LogP contribution in [0.4, 0.5) is 8.78 Å². The zero-order chi connectivity index (χ0) is 15.4. The molecule has 0 fully saturated rings. The third kappa shape index (κ3) is 3.34. The van der Waals surface area contributed by atoms with Crippen molar-refractivity contribution < 1.29 is 18.3 Å². The molecule has 0 bridgehead atoms. The predicted octanol–water partition coefficient (Wildman–Crippen LogP) is 2.61. The lowest BCUT2D eigenvalue weighted by molar-refractivity contribution is 0.0946. The van der Waals surface area contributed by atoms with Gasteiger partial charge in [0.2, 0.25) is 5.88 Å². The molecule has 21 heavy (non-hydrogen) atoms. The van der Waals surface area contributed by atoms with Crippen LogP contribution < -0.4 is 10.1 Å². The Hall–Kier alpha value is -2.50. The molecule has 0 saturated heterocycles. The number of hydrogen-bond acceptors (Lipinski definition) is 3. The number of methoxy groups -OCH3 is 1. The number of aromatic nitrogens is 1. The molecule has 2 rings (SSSR count). The topological polar surface area (TPSA) is 51.2 Å². The van der Waals surface area contributed by atoms with Gasteiger partial charge in [-0.2, -0.15) is 0 Å². The van der Waals surface area contributed by atoms with Gasteiger partial charge in [0, 0.05) is 12.7 Å². The number of nitrogens with zero attached hydrogens (tertiary/aromatic N) is 1. The number of nitrogens with one attached hydrogen (secondary N) is 1. The molecule has 0 aliphatic rings. The van der Waals surface area contributed by atoms with Gasteiger partial charge in [0.1, 0.15) is 5.56 Å². The summed E-state index contributed by atoms with van der Waals surface area (Å²) < 4.78 is 31.0. The number of halogens is 2. The third-order valence-electron chi connectivity index (χ3n) is 2.98. The fraction of sp³-hybridized carbons (Fsp3) is 0.200. The zero-order valence-corrected chi connectivity index (χ0v) is 11.6. The highest BCUT2D eigenvalue weighted by molar-refractivity contribution is 5.97. The summed E-state index contributed by atoms with van der Waals surface area (Å²) in [5.74, 6) is -2.04. The molecular formula is C15H14F2N2O2. The summed E-state index contributed by atoms with van der Waals surface area (Å²) in [6, 6.07) is 5.16. The number of pyridine rings is 1. The number of amides is 1. The predicted molar refractivity (Wildman–Crippen MR) is 73.1 cm³/mol. The van der Waals surface area contributed by atoms with E-state index in [-0.39, 0.29) is 18.3 Å². The molecule has 0 aliphatic heterocycles. The first-order valence-corrected chi connectivity index (χ1v) is 6.24. The number of ether oxygens (including phenoxy) is 1. The van der Waals surface area contributed by atoms with E-state index in [4.69, 9.17) is 4.74 Å². The van der Waals surface area contributed by atoms with E-state index in [2.05, 4.69) is 10.3 Å². The minimum Gasteiger partial charge on any atom is -0.480 e. The fourth-order valence-corrected chi connectivity index (χ4v) is 1.88. The Kier molecular flexibility index (Phi) is 4.47. The molecular weight excluding hydrogens is 278 g/mol. The number of carbonyl (C=O) groups is 1. The summed E-state index contributed by atoms with van der Waals surface area (Å²) in [6.07, 6.45) is 1.54. The molecule has 4 nitrogen and oxygen atoms in total. The van der Waals surface area contributed by atoms with E-state index in [1.165, 1.54) is 13.2 Å². The van der Waals surface area contributed by atoms with Gasteiger partial charge in [-0.05, 0) is 36.2 Å². The van der Waals surface area contributed by atoms with Crippen LogP contribution in [0.5, 0.6) is 5.88 Å². The number of carbonyl (C=O) groups excluding carboxylic acids is 1. The van der Waals surface area contributed by atoms with Crippen molar-refractivity contribution in [1.82, 2.24) is 10.3 Å². The summed E-state index contributed by atoms with van der Waals surface area (Å²) in [7, 11) is 1.42. The van der Waals surface area contributed by atoms with E-state index < -0.39 is 11.6 Å². The van der Waals surface area contributed by atoms with Gasteiger partial charge in [-0.3, -0.25) is 4.79 Å². The lowest BCUT2D eigenvalue weighted by Gasteiger charge is -2.11. The molecule has 0 spiro atoms. The van der Waals surface area contributed by atoms with E-state index in [1.54, 1.807) is 19.2 Å². The van der Waals surface area contributed by atoms with Crippen molar-refractivity contribution in [3.05, 3.63) is 58.8 Å². The Bertz CT molecular complexity index is 675. The molecule has 6 heteroatoms. The molecule has 0 aliphatic carbocycles. The van der Waals surface area contributed by atoms with Crippen molar-refractivity contribution in [2.24, 2.45) is 0 Å². The number of hydrogen-bond donors (Lipinski definition) is 1. The molecule has 0 radical (unpaired) electrons. The molecule has 0 saturated carbocycles. The van der Waals surface area contributed by atoms with Crippen LogP contribution in [-0.4, -0.2) is 18.0 Å². The Morgan fingerprint density at radius 2 is 2.05 bits per heavy atom. The van der Waals surface area contributed by atoms with Crippen molar-refractivity contribution in [1.29, 1.82) is 0 Å². The Morgan fingerprint density at radius 1 is 1.29 bits per heavy atom. The first-order valence-electron chi connectivity index (χ1n) is 6.24. The SMILES string of the molecule is COc1nccc(C)c1C(=O)NCc1ccc(F)c(F)c1. The molecule has 1 aromatic heterocycles. The van der Waals surface area contributed by atoms with E-state index in [9.17, 15) is 13.6 Å². The third-order valence-corrected chi connectivity index (χ3v) is 2.98. The van der Waals surface area contributed by atoms with Crippen molar-refractivity contribution in [2.45, 2.75) is 13.5 Å². The van der Waals surface area contributed by atoms with Gasteiger partial charge in [0.15, 0.2) is 11.6 Å². The fourth-order valence-electron chi connectivity index (χ4n) is 1.88. The molecule has 1 aromatic carbocycles. The van der Waals surface area contributed by atoms with Crippen LogP contribution in [0.25, 0.3) is 0 Å². The van der Waals surface area contributed by atoms with Crippen LogP contribution in [0.15, 0.2) is 30.5 Å². The quantitative estimate of drug-likeness (QED) is 0.942. The Labute approximate surface area is 120 Å². The first-order chi connectivity index (χ1) is 10.0. The van der Waals surface area contributed by atoms with Gasteiger partial charge in [0.25, 0.3) is 5.91 Å². The summed E-state index contributed by atoms with van der Waals surface area (Å²) >= 11 is 0. The molecule has 0 unspecified atom stereocenters. The van der Waals surface area contributed by atoms with Crippen LogP contribution in [0.3, 0.4) is 0 Å². The summed E-state index contributed by atoms with van der Waals surface area (Å²) in [5, 5.41) is 2.63. The van der Waals surface area contributed by atoms with Crippen molar-refractivity contribution in [3.63, 3.8) is 0 Å². The summed E-state index contributed by atoms with van der Waals surface area (Å²) in [6.45, 7) is 1.84. The number of rotatable bonds is 4. The normalized spacial score (nSPS) is 10.3. The maximum absolute atomic E-state index is 13.1. The summed E-state index contributed by atoms with van der Waals surface area (Å²) in [4.78, 5) is 16.1. The second kappa shape index (κ2) is 6.30. The smallest absolute Gasteiger partial charge is 0.257 e. The number of benzene rings is 1. The first kappa shape index (κ1) is 14.9. The zero-order valence-electron chi connectivity index (χ0n) is 11.6. The van der Waals surface area contributed by atoms with E-state index in [0.29, 0.717) is 16.7 Å². The Morgan fingerprint density at radius 3 is 2.71 bits per heavy atom. The average Bonchev–Trinajstić information content (AvgIpc) is 2.47. The standard InChI is InChI=1S/C15H14F2N2O2/c1-9-5-6-18-15(21-2)13(9)14(20)19-8-10-3-4-11(16)12(17)7-10/h3-7H,8H2,1-2H3,(H,19,20).